The van der Waals surface area contributed by atoms with Gasteiger partial charge in [-0.15, -0.1) is 0 Å². The van der Waals surface area contributed by atoms with Crippen LogP contribution in [0.1, 0.15) is 72.3 Å². The molecule has 0 saturated carbocycles. The van der Waals surface area contributed by atoms with Crippen LogP contribution in [0.5, 0.6) is 5.75 Å². The third kappa shape index (κ3) is 8.83. The molecule has 0 unspecified atom stereocenters. The van der Waals surface area contributed by atoms with Gasteiger partial charge in [-0.2, -0.15) is 0 Å². The minimum atomic E-state index is -0.767. The molecule has 0 aromatic heterocycles. The zero-order chi connectivity index (χ0) is 28.6. The van der Waals surface area contributed by atoms with E-state index < -0.39 is 17.6 Å². The summed E-state index contributed by atoms with van der Waals surface area (Å²) in [5, 5.41) is 2.72. The predicted octanol–water partition coefficient (Wildman–Crippen LogP) is 3.57. The maximum atomic E-state index is 13.3. The van der Waals surface area contributed by atoms with Crippen LogP contribution in [0.3, 0.4) is 0 Å². The van der Waals surface area contributed by atoms with Crippen molar-refractivity contribution in [2.75, 3.05) is 32.8 Å². The second kappa shape index (κ2) is 13.1. The molecule has 1 atom stereocenters. The minimum Gasteiger partial charge on any atom is -0.493 e. The number of carbonyl (C=O) groups excluding carboxylic acids is 4. The lowest BCUT2D eigenvalue weighted by Crippen LogP contribution is -2.49. The molecule has 0 aliphatic carbocycles. The number of ether oxygens (including phenoxy) is 2. The molecule has 1 aromatic rings. The Morgan fingerprint density at radius 2 is 1.69 bits per heavy atom. The van der Waals surface area contributed by atoms with Gasteiger partial charge >= 0.3 is 5.97 Å². The van der Waals surface area contributed by atoms with Crippen LogP contribution in [-0.2, 0) is 23.9 Å². The van der Waals surface area contributed by atoms with Crippen molar-refractivity contribution in [3.05, 3.63) is 35.9 Å². The van der Waals surface area contributed by atoms with Crippen LogP contribution in [0.4, 0.5) is 0 Å². The first-order valence-corrected chi connectivity index (χ1v) is 13.9. The average molecular weight is 542 g/mol. The summed E-state index contributed by atoms with van der Waals surface area (Å²) in [4.78, 5) is 53.9. The van der Waals surface area contributed by atoms with Gasteiger partial charge in [0.05, 0.1) is 6.61 Å². The van der Waals surface area contributed by atoms with E-state index in [1.807, 2.05) is 36.1 Å². The van der Waals surface area contributed by atoms with Gasteiger partial charge in [0.15, 0.2) is 0 Å². The number of para-hydroxylation sites is 1. The van der Waals surface area contributed by atoms with Crippen LogP contribution < -0.4 is 10.1 Å². The maximum Gasteiger partial charge on any atom is 0.306 e. The van der Waals surface area contributed by atoms with Crippen LogP contribution in [0, 0.1) is 5.41 Å². The maximum absolute atomic E-state index is 13.3. The molecule has 0 bridgehead atoms. The Morgan fingerprint density at radius 1 is 1.05 bits per heavy atom. The molecule has 3 rings (SSSR count). The Morgan fingerprint density at radius 3 is 2.31 bits per heavy atom. The van der Waals surface area contributed by atoms with E-state index in [0.29, 0.717) is 32.8 Å². The van der Waals surface area contributed by atoms with E-state index in [-0.39, 0.29) is 36.0 Å². The number of hydrogen-bond donors (Lipinski definition) is 1. The lowest BCUT2D eigenvalue weighted by molar-refractivity contribution is -0.155. The molecular formula is C30H43N3O6. The van der Waals surface area contributed by atoms with Crippen LogP contribution in [-0.4, -0.2) is 77.9 Å². The van der Waals surface area contributed by atoms with Crippen LogP contribution in [0.2, 0.25) is 0 Å². The van der Waals surface area contributed by atoms with Gasteiger partial charge in [-0.05, 0) is 70.9 Å². The minimum absolute atomic E-state index is 0.0325. The van der Waals surface area contributed by atoms with Crippen molar-refractivity contribution in [1.29, 1.82) is 0 Å². The number of nitrogens with one attached hydrogen (secondary N) is 1. The number of amides is 3. The quantitative estimate of drug-likeness (QED) is 0.379. The smallest absolute Gasteiger partial charge is 0.306 e. The fourth-order valence-electron chi connectivity index (χ4n) is 5.28. The molecule has 9 nitrogen and oxygen atoms in total. The number of carbonyl (C=O) groups is 4. The first-order chi connectivity index (χ1) is 18.4. The Bertz CT molecular complexity index is 1070. The Hall–Kier alpha value is -3.36. The highest BCUT2D eigenvalue weighted by atomic mass is 16.6. The van der Waals surface area contributed by atoms with Gasteiger partial charge in [0, 0.05) is 51.2 Å². The first-order valence-electron chi connectivity index (χ1n) is 13.9. The molecule has 214 valence electrons. The number of benzene rings is 1. The van der Waals surface area contributed by atoms with E-state index in [1.165, 1.54) is 6.92 Å². The second-order valence-electron chi connectivity index (χ2n) is 11.5. The summed E-state index contributed by atoms with van der Waals surface area (Å²) in [6.07, 6.45) is 6.13. The molecule has 2 aliphatic rings. The first kappa shape index (κ1) is 30.2. The Balaban J connectivity index is 1.54. The van der Waals surface area contributed by atoms with Crippen LogP contribution >= 0.6 is 0 Å². The number of esters is 1. The topological polar surface area (TPSA) is 105 Å². The SMILES string of the molecule is CCOc1ccccc1/C=C/C(=O)N1CCC2(CC1)CCN(C(=O)[C@H](CCC(=O)OC(C)(C)C)NC(C)=O)C2. The van der Waals surface area contributed by atoms with Gasteiger partial charge in [-0.1, -0.05) is 18.2 Å². The van der Waals surface area contributed by atoms with Crippen molar-refractivity contribution < 1.29 is 28.7 Å². The third-order valence-corrected chi connectivity index (χ3v) is 7.24. The monoisotopic (exact) mass is 541 g/mol. The fourth-order valence-corrected chi connectivity index (χ4v) is 5.28. The van der Waals surface area contributed by atoms with Gasteiger partial charge in [0.2, 0.25) is 17.7 Å². The summed E-state index contributed by atoms with van der Waals surface area (Å²) in [6, 6.07) is 6.86. The molecule has 3 amide bonds. The number of rotatable bonds is 9. The van der Waals surface area contributed by atoms with Crippen molar-refractivity contribution in [3.8, 4) is 5.75 Å². The largest absolute Gasteiger partial charge is 0.493 e. The summed E-state index contributed by atoms with van der Waals surface area (Å²) in [5.41, 5.74) is 0.224. The molecule has 2 fully saturated rings. The van der Waals surface area contributed by atoms with Gasteiger partial charge in [-0.3, -0.25) is 19.2 Å². The van der Waals surface area contributed by atoms with E-state index in [1.54, 1.807) is 37.8 Å². The van der Waals surface area contributed by atoms with Crippen molar-refractivity contribution >= 4 is 29.8 Å². The fraction of sp³-hybridized carbons (Fsp3) is 0.600. The van der Waals surface area contributed by atoms with E-state index in [4.69, 9.17) is 9.47 Å². The van der Waals surface area contributed by atoms with Gasteiger partial charge < -0.3 is 24.6 Å². The standard InChI is InChI=1S/C30H43N3O6/c1-6-38-25-10-8-7-9-23(25)11-13-26(35)32-18-15-30(16-19-32)17-20-33(21-30)28(37)24(31-22(2)34)12-14-27(36)39-29(3,4)5/h7-11,13,24H,6,12,14-21H2,1-5H3,(H,31,34)/b13-11+/t24-/m0/s1. The molecule has 9 heteroatoms. The molecule has 39 heavy (non-hydrogen) atoms. The van der Waals surface area contributed by atoms with Crippen molar-refractivity contribution in [2.24, 2.45) is 5.41 Å². The van der Waals surface area contributed by atoms with Crippen LogP contribution in [0.25, 0.3) is 6.08 Å². The van der Waals surface area contributed by atoms with Crippen molar-refractivity contribution in [3.63, 3.8) is 0 Å². The molecular weight excluding hydrogens is 498 g/mol. The van der Waals surface area contributed by atoms with Crippen LogP contribution in [0.15, 0.2) is 30.3 Å². The average Bonchev–Trinajstić information content (AvgIpc) is 3.28. The summed E-state index contributed by atoms with van der Waals surface area (Å²) in [5.74, 6) is -0.151. The molecule has 2 aliphatic heterocycles. The van der Waals surface area contributed by atoms with E-state index >= 15 is 0 Å². The lowest BCUT2D eigenvalue weighted by Gasteiger charge is -2.39. The molecule has 1 spiro atoms. The summed E-state index contributed by atoms with van der Waals surface area (Å²) in [7, 11) is 0. The molecule has 0 radical (unpaired) electrons. The van der Waals surface area contributed by atoms with E-state index in [9.17, 15) is 19.2 Å². The van der Waals surface area contributed by atoms with E-state index in [0.717, 1.165) is 30.6 Å². The number of hydrogen-bond acceptors (Lipinski definition) is 6. The summed E-state index contributed by atoms with van der Waals surface area (Å²) >= 11 is 0. The number of likely N-dealkylation sites (tertiary alicyclic amines) is 2. The Labute approximate surface area is 231 Å². The predicted molar refractivity (Wildman–Crippen MR) is 149 cm³/mol. The molecule has 1 aromatic carbocycles. The molecule has 2 heterocycles. The highest BCUT2D eigenvalue weighted by Crippen LogP contribution is 2.40. The zero-order valence-electron chi connectivity index (χ0n) is 24.0. The van der Waals surface area contributed by atoms with Gasteiger partial charge in [0.1, 0.15) is 17.4 Å². The Kier molecular flexibility index (Phi) is 10.2. The third-order valence-electron chi connectivity index (χ3n) is 7.24. The van der Waals surface area contributed by atoms with Gasteiger partial charge in [0.25, 0.3) is 0 Å². The zero-order valence-corrected chi connectivity index (χ0v) is 24.0. The second-order valence-corrected chi connectivity index (χ2v) is 11.5. The van der Waals surface area contributed by atoms with Crippen molar-refractivity contribution in [2.45, 2.75) is 78.4 Å². The summed E-state index contributed by atoms with van der Waals surface area (Å²) < 4.78 is 11.0. The highest BCUT2D eigenvalue weighted by Gasteiger charge is 2.43. The number of piperidine rings is 1. The number of nitrogens with zero attached hydrogens (tertiary/aromatic N) is 2. The molecule has 1 N–H and O–H groups in total. The van der Waals surface area contributed by atoms with E-state index in [2.05, 4.69) is 5.32 Å². The van der Waals surface area contributed by atoms with Crippen molar-refractivity contribution in [1.82, 2.24) is 15.1 Å². The highest BCUT2D eigenvalue weighted by molar-refractivity contribution is 5.92. The van der Waals surface area contributed by atoms with Gasteiger partial charge in [-0.25, -0.2) is 0 Å². The normalized spacial score (nSPS) is 17.8. The lowest BCUT2D eigenvalue weighted by atomic mass is 9.77. The summed E-state index contributed by atoms with van der Waals surface area (Å²) in [6.45, 7) is 11.7. The molecule has 2 saturated heterocycles.